The van der Waals surface area contributed by atoms with Gasteiger partial charge in [-0.1, -0.05) is 0 Å². The number of hydrogen-bond acceptors (Lipinski definition) is 3. The molecule has 0 amide bonds. The number of nitrogens with zero attached hydrogens (tertiary/aromatic N) is 1. The van der Waals surface area contributed by atoms with E-state index in [2.05, 4.69) is 10.2 Å². The predicted octanol–water partition coefficient (Wildman–Crippen LogP) is 1.37. The number of nitrogens with two attached hydrogens (primary N) is 2. The molecule has 1 aromatic carbocycles. The summed E-state index contributed by atoms with van der Waals surface area (Å²) in [4.78, 5) is 0. The summed E-state index contributed by atoms with van der Waals surface area (Å²) in [7, 11) is 0. The molecule has 0 atom stereocenters. The smallest absolute Gasteiger partial charge is 0.256 e. The first-order valence-corrected chi connectivity index (χ1v) is 10.1. The van der Waals surface area contributed by atoms with Crippen molar-refractivity contribution in [2.24, 2.45) is 39.7 Å². The summed E-state index contributed by atoms with van der Waals surface area (Å²) in [6.45, 7) is 3.39. The van der Waals surface area contributed by atoms with Crippen molar-refractivity contribution >= 4 is 12.2 Å². The third-order valence-corrected chi connectivity index (χ3v) is 6.39. The van der Waals surface area contributed by atoms with E-state index >= 15 is 0 Å². The predicted molar refractivity (Wildman–Crippen MR) is 106 cm³/mol. The van der Waals surface area contributed by atoms with Gasteiger partial charge < -0.3 is 20.9 Å². The molecule has 5 rings (SSSR count). The van der Waals surface area contributed by atoms with E-state index in [9.17, 15) is 0 Å². The zero-order valence-corrected chi connectivity index (χ0v) is 16.1. The Morgan fingerprint density at radius 3 is 2.37 bits per heavy atom. The molecule has 0 unspecified atom stereocenters. The van der Waals surface area contributed by atoms with Gasteiger partial charge in [-0.2, -0.15) is 0 Å². The lowest BCUT2D eigenvalue weighted by Gasteiger charge is -2.56. The van der Waals surface area contributed by atoms with E-state index in [0.29, 0.717) is 12.0 Å². The van der Waals surface area contributed by atoms with Crippen LogP contribution in [-0.4, -0.2) is 25.4 Å². The van der Waals surface area contributed by atoms with Crippen LogP contribution in [0.25, 0.3) is 0 Å². The molecule has 6 nitrogen and oxygen atoms in total. The Balaban J connectivity index is 1.46. The fourth-order valence-corrected chi connectivity index (χ4v) is 5.88. The van der Waals surface area contributed by atoms with E-state index in [1.54, 1.807) is 6.21 Å². The highest BCUT2D eigenvalue weighted by atomic mass is 16.5. The Kier molecular flexibility index (Phi) is 4.98. The maximum Gasteiger partial charge on any atom is 0.256 e. The van der Waals surface area contributed by atoms with Gasteiger partial charge in [0.05, 0.1) is 13.2 Å². The van der Waals surface area contributed by atoms with Crippen LogP contribution in [0.15, 0.2) is 23.3 Å². The standard InChI is InChI=1S/C21H30N4O2/c1-2-26-19-8-14(12-24-25-20(22)23)3-4-18(19)27-13-21-9-15-5-16(10-21)7-17(6-15)11-21/h3-4,8,12,15-17H,2,5-7,9-11,13H2,1H3,(H4,22,23,25)/p+1/b24-12-. The van der Waals surface area contributed by atoms with Crippen molar-refractivity contribution in [1.82, 2.24) is 0 Å². The van der Waals surface area contributed by atoms with Gasteiger partial charge in [0.15, 0.2) is 11.5 Å². The molecule has 1 aromatic rings. The van der Waals surface area contributed by atoms with Crippen molar-refractivity contribution in [3.8, 4) is 11.5 Å². The lowest BCUT2D eigenvalue weighted by atomic mass is 9.50. The molecule has 4 bridgehead atoms. The molecule has 4 aliphatic rings. The lowest BCUT2D eigenvalue weighted by molar-refractivity contribution is -0.456. The fraction of sp³-hybridized carbons (Fsp3) is 0.619. The molecule has 5 N–H and O–H groups in total. The summed E-state index contributed by atoms with van der Waals surface area (Å²) in [6.07, 6.45) is 10.1. The maximum atomic E-state index is 6.35. The Bertz CT molecular complexity index is 704. The fourth-order valence-electron chi connectivity index (χ4n) is 5.88. The molecule has 27 heavy (non-hydrogen) atoms. The van der Waals surface area contributed by atoms with Crippen LogP contribution in [-0.2, 0) is 0 Å². The summed E-state index contributed by atoms with van der Waals surface area (Å²) in [5.74, 6) is 4.39. The largest absolute Gasteiger partial charge is 0.490 e. The minimum atomic E-state index is -0.00759. The van der Waals surface area contributed by atoms with Gasteiger partial charge in [-0.25, -0.2) is 0 Å². The number of guanidine groups is 1. The third kappa shape index (κ3) is 4.04. The minimum Gasteiger partial charge on any atom is -0.490 e. The normalized spacial score (nSPS) is 31.2. The quantitative estimate of drug-likeness (QED) is 0.383. The van der Waals surface area contributed by atoms with Crippen LogP contribution in [0, 0.1) is 23.2 Å². The number of rotatable bonds is 7. The molecule has 0 saturated heterocycles. The topological polar surface area (TPSA) is 96.8 Å². The zero-order chi connectivity index (χ0) is 18.9. The van der Waals surface area contributed by atoms with Gasteiger partial charge in [0.1, 0.15) is 0 Å². The van der Waals surface area contributed by atoms with Gasteiger partial charge in [0, 0.05) is 16.1 Å². The molecule has 0 aliphatic heterocycles. The molecule has 4 aliphatic carbocycles. The van der Waals surface area contributed by atoms with E-state index in [1.807, 2.05) is 25.1 Å². The Hall–Kier alpha value is -2.24. The number of ether oxygens (including phenoxy) is 2. The van der Waals surface area contributed by atoms with E-state index < -0.39 is 0 Å². The average molecular weight is 372 g/mol. The Morgan fingerprint density at radius 2 is 1.78 bits per heavy atom. The van der Waals surface area contributed by atoms with Crippen LogP contribution in [0.5, 0.6) is 11.5 Å². The molecule has 4 saturated carbocycles. The van der Waals surface area contributed by atoms with Crippen LogP contribution < -0.4 is 26.0 Å². The first kappa shape index (κ1) is 18.1. The first-order chi connectivity index (χ1) is 13.0. The maximum absolute atomic E-state index is 6.35. The van der Waals surface area contributed by atoms with Crippen molar-refractivity contribution in [2.45, 2.75) is 45.4 Å². The van der Waals surface area contributed by atoms with Gasteiger partial charge in [0.2, 0.25) is 6.21 Å². The number of benzene rings is 1. The highest BCUT2D eigenvalue weighted by Gasteiger charge is 2.51. The minimum absolute atomic E-state index is 0.00759. The van der Waals surface area contributed by atoms with E-state index in [1.165, 1.54) is 38.5 Å². The highest BCUT2D eigenvalue weighted by Crippen LogP contribution is 2.60. The van der Waals surface area contributed by atoms with Gasteiger partial charge in [0.25, 0.3) is 5.96 Å². The van der Waals surface area contributed by atoms with Crippen molar-refractivity contribution < 1.29 is 14.6 Å². The van der Waals surface area contributed by atoms with E-state index in [0.717, 1.165) is 41.4 Å². The van der Waals surface area contributed by atoms with E-state index in [4.69, 9.17) is 20.9 Å². The second kappa shape index (κ2) is 7.41. The molecular weight excluding hydrogens is 340 g/mol. The first-order valence-electron chi connectivity index (χ1n) is 10.1. The van der Waals surface area contributed by atoms with Crippen LogP contribution in [0.1, 0.15) is 51.0 Å². The highest BCUT2D eigenvalue weighted by molar-refractivity contribution is 5.78. The average Bonchev–Trinajstić information content (AvgIpc) is 2.60. The van der Waals surface area contributed by atoms with Crippen LogP contribution in [0.4, 0.5) is 0 Å². The van der Waals surface area contributed by atoms with Crippen LogP contribution >= 0.6 is 0 Å². The SMILES string of the molecule is CCOc1cc(/C=[NH+]\N=C(N)N)ccc1OCC12CC3CC(CC(C3)C1)C2. The zero-order valence-electron chi connectivity index (χ0n) is 16.1. The van der Waals surface area contributed by atoms with E-state index in [-0.39, 0.29) is 5.96 Å². The molecule has 0 radical (unpaired) electrons. The molecule has 146 valence electrons. The molecule has 6 heteroatoms. The van der Waals surface area contributed by atoms with Gasteiger partial charge in [-0.3, -0.25) is 0 Å². The number of hydrogen-bond donors (Lipinski definition) is 3. The van der Waals surface area contributed by atoms with Crippen molar-refractivity contribution in [3.05, 3.63) is 23.8 Å². The summed E-state index contributed by atoms with van der Waals surface area (Å²) in [5.41, 5.74) is 12.0. The number of hydrazone groups is 1. The molecule has 0 aromatic heterocycles. The summed E-state index contributed by atoms with van der Waals surface area (Å²) in [5, 5.41) is 6.48. The number of nitrogens with one attached hydrogen (secondary N) is 1. The molecule has 0 spiro atoms. The Morgan fingerprint density at radius 1 is 1.11 bits per heavy atom. The van der Waals surface area contributed by atoms with Crippen molar-refractivity contribution in [2.75, 3.05) is 13.2 Å². The Labute approximate surface area is 161 Å². The van der Waals surface area contributed by atoms with Crippen molar-refractivity contribution in [1.29, 1.82) is 0 Å². The van der Waals surface area contributed by atoms with Gasteiger partial charge in [-0.05, 0) is 81.4 Å². The van der Waals surface area contributed by atoms with Crippen LogP contribution in [0.3, 0.4) is 0 Å². The molecule has 0 heterocycles. The molecule has 4 fully saturated rings. The lowest BCUT2D eigenvalue weighted by Crippen LogP contribution is -2.63. The second-order valence-corrected chi connectivity index (χ2v) is 8.66. The second-order valence-electron chi connectivity index (χ2n) is 8.66. The molecular formula is C21H31N4O2+. The monoisotopic (exact) mass is 371 g/mol. The van der Waals surface area contributed by atoms with Gasteiger partial charge >= 0.3 is 0 Å². The summed E-state index contributed by atoms with van der Waals surface area (Å²) < 4.78 is 12.2. The van der Waals surface area contributed by atoms with Gasteiger partial charge in [-0.15, -0.1) is 5.10 Å². The third-order valence-electron chi connectivity index (χ3n) is 6.39. The van der Waals surface area contributed by atoms with Crippen LogP contribution in [0.2, 0.25) is 0 Å². The van der Waals surface area contributed by atoms with Crippen molar-refractivity contribution in [3.63, 3.8) is 0 Å². The summed E-state index contributed by atoms with van der Waals surface area (Å²) >= 11 is 0. The summed E-state index contributed by atoms with van der Waals surface area (Å²) in [6, 6.07) is 5.91.